The fourth-order valence-electron chi connectivity index (χ4n) is 3.14. The van der Waals surface area contributed by atoms with Crippen LogP contribution in [-0.4, -0.2) is 41.4 Å². The van der Waals surface area contributed by atoms with Gasteiger partial charge in [-0.15, -0.1) is 11.3 Å². The first-order chi connectivity index (χ1) is 11.6. The molecular weight excluding hydrogens is 322 g/mol. The number of aliphatic hydroxyl groups is 1. The third-order valence-corrected chi connectivity index (χ3v) is 5.66. The van der Waals surface area contributed by atoms with Crippen LogP contribution in [0.25, 0.3) is 0 Å². The molecule has 3 rings (SSSR count). The van der Waals surface area contributed by atoms with Gasteiger partial charge < -0.3 is 15.2 Å². The number of fused-ring (bicyclic) bond motifs is 1. The zero-order chi connectivity index (χ0) is 17.1. The summed E-state index contributed by atoms with van der Waals surface area (Å²) in [6.07, 6.45) is 3.43. The van der Waals surface area contributed by atoms with Crippen LogP contribution in [0, 0.1) is 0 Å². The van der Waals surface area contributed by atoms with E-state index in [-0.39, 0.29) is 0 Å². The molecule has 2 heterocycles. The Morgan fingerprint density at radius 1 is 1.25 bits per heavy atom. The number of ether oxygens (including phenoxy) is 1. The quantitative estimate of drug-likeness (QED) is 0.814. The van der Waals surface area contributed by atoms with Crippen molar-refractivity contribution in [1.29, 1.82) is 0 Å². The number of methoxy groups -OCH3 is 1. The zero-order valence-corrected chi connectivity index (χ0v) is 15.3. The maximum Gasteiger partial charge on any atom is 0.184 e. The Bertz CT molecular complexity index is 687. The van der Waals surface area contributed by atoms with E-state index >= 15 is 0 Å². The molecule has 0 aliphatic carbocycles. The standard InChI is InChI=1S/C18H25N3O2S/c1-12(17-11-19-18(24-17)20-13(2)22)21-8-6-14-4-5-16(23-3)10-15(14)7-9-21/h4-5,10-13,22H,6-9H2,1-3H3,(H,19,20)/t12-,13?/m1/s1. The van der Waals surface area contributed by atoms with Crippen LogP contribution in [0.15, 0.2) is 24.4 Å². The van der Waals surface area contributed by atoms with Crippen LogP contribution in [0.1, 0.15) is 35.9 Å². The minimum atomic E-state index is -0.582. The van der Waals surface area contributed by atoms with Gasteiger partial charge in [0.25, 0.3) is 0 Å². The van der Waals surface area contributed by atoms with Crippen molar-refractivity contribution < 1.29 is 9.84 Å². The fraction of sp³-hybridized carbons (Fsp3) is 0.500. The van der Waals surface area contributed by atoms with Crippen molar-refractivity contribution in [2.75, 3.05) is 25.5 Å². The largest absolute Gasteiger partial charge is 0.497 e. The van der Waals surface area contributed by atoms with E-state index in [0.29, 0.717) is 6.04 Å². The molecule has 2 atom stereocenters. The molecule has 0 amide bonds. The summed E-state index contributed by atoms with van der Waals surface area (Å²) in [7, 11) is 1.72. The number of anilines is 1. The van der Waals surface area contributed by atoms with Gasteiger partial charge in [-0.2, -0.15) is 0 Å². The SMILES string of the molecule is COc1ccc2c(c1)CCN([C@H](C)c1cnc(NC(C)O)s1)CC2. The molecular formula is C18H25N3O2S. The van der Waals surface area contributed by atoms with E-state index in [9.17, 15) is 5.11 Å². The van der Waals surface area contributed by atoms with E-state index < -0.39 is 6.23 Å². The molecule has 1 aliphatic heterocycles. The molecule has 1 aliphatic rings. The molecule has 6 heteroatoms. The van der Waals surface area contributed by atoms with Crippen molar-refractivity contribution in [3.63, 3.8) is 0 Å². The van der Waals surface area contributed by atoms with Crippen molar-refractivity contribution in [3.05, 3.63) is 40.4 Å². The molecule has 24 heavy (non-hydrogen) atoms. The van der Waals surface area contributed by atoms with Crippen LogP contribution in [0.2, 0.25) is 0 Å². The lowest BCUT2D eigenvalue weighted by Crippen LogP contribution is -2.29. The molecule has 0 bridgehead atoms. The number of aliphatic hydroxyl groups excluding tert-OH is 1. The molecule has 1 aromatic carbocycles. The lowest BCUT2D eigenvalue weighted by molar-refractivity contribution is 0.224. The molecule has 0 fully saturated rings. The monoisotopic (exact) mass is 347 g/mol. The van der Waals surface area contributed by atoms with Gasteiger partial charge >= 0.3 is 0 Å². The Kier molecular flexibility index (Phi) is 5.38. The van der Waals surface area contributed by atoms with Crippen LogP contribution in [0.4, 0.5) is 5.13 Å². The number of rotatable bonds is 5. The van der Waals surface area contributed by atoms with Gasteiger partial charge in [0.05, 0.1) is 7.11 Å². The van der Waals surface area contributed by atoms with Gasteiger partial charge in [0.15, 0.2) is 5.13 Å². The molecule has 0 radical (unpaired) electrons. The summed E-state index contributed by atoms with van der Waals surface area (Å²) >= 11 is 1.62. The van der Waals surface area contributed by atoms with E-state index in [1.165, 1.54) is 16.0 Å². The molecule has 0 saturated carbocycles. The lowest BCUT2D eigenvalue weighted by Gasteiger charge is -2.26. The summed E-state index contributed by atoms with van der Waals surface area (Å²) in [6, 6.07) is 6.73. The predicted molar refractivity (Wildman–Crippen MR) is 97.8 cm³/mol. The highest BCUT2D eigenvalue weighted by Gasteiger charge is 2.21. The number of nitrogens with one attached hydrogen (secondary N) is 1. The van der Waals surface area contributed by atoms with Gasteiger partial charge in [0.1, 0.15) is 12.0 Å². The van der Waals surface area contributed by atoms with Gasteiger partial charge in [0.2, 0.25) is 0 Å². The second-order valence-electron chi connectivity index (χ2n) is 6.23. The van der Waals surface area contributed by atoms with Crippen LogP contribution < -0.4 is 10.1 Å². The lowest BCUT2D eigenvalue weighted by atomic mass is 10.0. The number of hydrogen-bond acceptors (Lipinski definition) is 6. The van der Waals surface area contributed by atoms with Gasteiger partial charge in [-0.1, -0.05) is 6.07 Å². The van der Waals surface area contributed by atoms with E-state index in [1.54, 1.807) is 25.4 Å². The van der Waals surface area contributed by atoms with Crippen LogP contribution in [0.5, 0.6) is 5.75 Å². The third kappa shape index (κ3) is 3.88. The van der Waals surface area contributed by atoms with Crippen molar-refractivity contribution in [2.45, 2.75) is 39.0 Å². The Labute approximate surface area is 147 Å². The Morgan fingerprint density at radius 2 is 2.00 bits per heavy atom. The minimum absolute atomic E-state index is 0.322. The maximum atomic E-state index is 9.42. The van der Waals surface area contributed by atoms with E-state index in [4.69, 9.17) is 4.74 Å². The smallest absolute Gasteiger partial charge is 0.184 e. The summed E-state index contributed by atoms with van der Waals surface area (Å²) in [5, 5.41) is 13.1. The molecule has 130 valence electrons. The molecule has 0 saturated heterocycles. The summed E-state index contributed by atoms with van der Waals surface area (Å²) in [4.78, 5) is 8.09. The highest BCUT2D eigenvalue weighted by molar-refractivity contribution is 7.15. The van der Waals surface area contributed by atoms with Crippen molar-refractivity contribution in [3.8, 4) is 5.75 Å². The van der Waals surface area contributed by atoms with Crippen molar-refractivity contribution in [2.24, 2.45) is 0 Å². The van der Waals surface area contributed by atoms with Gasteiger partial charge in [-0.3, -0.25) is 4.90 Å². The normalized spacial score (nSPS) is 17.7. The summed E-state index contributed by atoms with van der Waals surface area (Å²) in [6.45, 7) is 6.00. The second kappa shape index (κ2) is 7.51. The maximum absolute atomic E-state index is 9.42. The number of benzene rings is 1. The zero-order valence-electron chi connectivity index (χ0n) is 14.5. The molecule has 1 aromatic heterocycles. The average molecular weight is 347 g/mol. The second-order valence-corrected chi connectivity index (χ2v) is 7.30. The van der Waals surface area contributed by atoms with E-state index in [2.05, 4.69) is 40.3 Å². The van der Waals surface area contributed by atoms with Gasteiger partial charge in [0, 0.05) is 30.2 Å². The van der Waals surface area contributed by atoms with Crippen LogP contribution in [0.3, 0.4) is 0 Å². The Balaban J connectivity index is 1.69. The first-order valence-electron chi connectivity index (χ1n) is 8.37. The van der Waals surface area contributed by atoms with Crippen molar-refractivity contribution in [1.82, 2.24) is 9.88 Å². The Morgan fingerprint density at radius 3 is 2.71 bits per heavy atom. The van der Waals surface area contributed by atoms with Gasteiger partial charge in [-0.25, -0.2) is 4.98 Å². The highest BCUT2D eigenvalue weighted by Crippen LogP contribution is 2.31. The number of nitrogens with zero attached hydrogens (tertiary/aromatic N) is 2. The van der Waals surface area contributed by atoms with Gasteiger partial charge in [-0.05, 0) is 49.9 Å². The molecule has 2 N–H and O–H groups in total. The average Bonchev–Trinajstić information content (AvgIpc) is 2.91. The molecule has 5 nitrogen and oxygen atoms in total. The predicted octanol–water partition coefficient (Wildman–Crippen LogP) is 3.06. The summed E-state index contributed by atoms with van der Waals surface area (Å²) in [5.74, 6) is 0.937. The van der Waals surface area contributed by atoms with E-state index in [0.717, 1.165) is 36.8 Å². The number of hydrogen-bond donors (Lipinski definition) is 2. The minimum Gasteiger partial charge on any atom is -0.497 e. The van der Waals surface area contributed by atoms with Crippen LogP contribution >= 0.6 is 11.3 Å². The Hall–Kier alpha value is -1.63. The molecule has 0 spiro atoms. The third-order valence-electron chi connectivity index (χ3n) is 4.57. The molecule has 1 unspecified atom stereocenters. The summed E-state index contributed by atoms with van der Waals surface area (Å²) < 4.78 is 5.35. The summed E-state index contributed by atoms with van der Waals surface area (Å²) in [5.41, 5.74) is 2.82. The fourth-order valence-corrected chi connectivity index (χ4v) is 4.12. The number of thiazole rings is 1. The van der Waals surface area contributed by atoms with Crippen LogP contribution in [-0.2, 0) is 12.8 Å². The molecule has 2 aromatic rings. The first kappa shape index (κ1) is 17.2. The number of aromatic nitrogens is 1. The topological polar surface area (TPSA) is 57.6 Å². The van der Waals surface area contributed by atoms with Crippen molar-refractivity contribution >= 4 is 16.5 Å². The van der Waals surface area contributed by atoms with E-state index in [1.807, 2.05) is 6.20 Å². The first-order valence-corrected chi connectivity index (χ1v) is 9.18. The highest BCUT2D eigenvalue weighted by atomic mass is 32.1.